The zero-order chi connectivity index (χ0) is 13.7. The van der Waals surface area contributed by atoms with E-state index in [0.29, 0.717) is 11.1 Å². The molecule has 3 heteroatoms. The van der Waals surface area contributed by atoms with Crippen molar-refractivity contribution in [2.45, 2.75) is 25.9 Å². The highest BCUT2D eigenvalue weighted by molar-refractivity contribution is 6.32. The molecule has 2 rings (SSSR count). The van der Waals surface area contributed by atoms with Crippen molar-refractivity contribution >= 4 is 11.6 Å². The van der Waals surface area contributed by atoms with Crippen LogP contribution in [0.5, 0.6) is 5.75 Å². The molecule has 1 unspecified atom stereocenters. The standard InChI is InChI=1S/C16H18ClNO/c1-2-15(13-6-4-3-5-7-13)18-11-12-8-9-16(19)14(17)10-12/h3-10,15,18-19H,2,11H2,1H3. The van der Waals surface area contributed by atoms with Crippen LogP contribution in [0.4, 0.5) is 0 Å². The Balaban J connectivity index is 2.02. The summed E-state index contributed by atoms with van der Waals surface area (Å²) in [6, 6.07) is 16.0. The molecule has 100 valence electrons. The largest absolute Gasteiger partial charge is 0.506 e. The zero-order valence-electron chi connectivity index (χ0n) is 10.9. The van der Waals surface area contributed by atoms with E-state index in [2.05, 4.69) is 36.5 Å². The van der Waals surface area contributed by atoms with Gasteiger partial charge in [-0.15, -0.1) is 0 Å². The van der Waals surface area contributed by atoms with Crippen LogP contribution in [-0.2, 0) is 6.54 Å². The zero-order valence-corrected chi connectivity index (χ0v) is 11.7. The molecular weight excluding hydrogens is 258 g/mol. The highest BCUT2D eigenvalue weighted by Gasteiger charge is 2.08. The number of aromatic hydroxyl groups is 1. The molecule has 0 aliphatic heterocycles. The minimum Gasteiger partial charge on any atom is -0.506 e. The molecule has 2 nitrogen and oxygen atoms in total. The fraction of sp³-hybridized carbons (Fsp3) is 0.250. The van der Waals surface area contributed by atoms with Crippen LogP contribution in [0.2, 0.25) is 5.02 Å². The highest BCUT2D eigenvalue weighted by Crippen LogP contribution is 2.24. The van der Waals surface area contributed by atoms with Gasteiger partial charge in [-0.2, -0.15) is 0 Å². The molecule has 0 saturated carbocycles. The van der Waals surface area contributed by atoms with Crippen LogP contribution >= 0.6 is 11.6 Å². The van der Waals surface area contributed by atoms with Crippen LogP contribution in [0.1, 0.15) is 30.5 Å². The second-order valence-electron chi connectivity index (χ2n) is 4.54. The van der Waals surface area contributed by atoms with Crippen LogP contribution in [0.3, 0.4) is 0 Å². The average molecular weight is 276 g/mol. The van der Waals surface area contributed by atoms with E-state index in [1.54, 1.807) is 12.1 Å². The van der Waals surface area contributed by atoms with Crippen molar-refractivity contribution in [3.63, 3.8) is 0 Å². The van der Waals surface area contributed by atoms with Crippen molar-refractivity contribution in [2.75, 3.05) is 0 Å². The molecule has 0 aliphatic rings. The predicted molar refractivity (Wildman–Crippen MR) is 79.4 cm³/mol. The van der Waals surface area contributed by atoms with Gasteiger partial charge < -0.3 is 10.4 Å². The number of phenols is 1. The molecule has 0 spiro atoms. The molecule has 2 aromatic carbocycles. The van der Waals surface area contributed by atoms with E-state index in [9.17, 15) is 5.11 Å². The first kappa shape index (κ1) is 13.9. The molecular formula is C16H18ClNO. The average Bonchev–Trinajstić information content (AvgIpc) is 2.44. The lowest BCUT2D eigenvalue weighted by Crippen LogP contribution is -2.20. The summed E-state index contributed by atoms with van der Waals surface area (Å²) >= 11 is 5.90. The Bertz CT molecular complexity index is 528. The van der Waals surface area contributed by atoms with Crippen molar-refractivity contribution in [3.8, 4) is 5.75 Å². The topological polar surface area (TPSA) is 32.3 Å². The number of hydrogen-bond acceptors (Lipinski definition) is 2. The van der Waals surface area contributed by atoms with Gasteiger partial charge in [0.15, 0.2) is 0 Å². The van der Waals surface area contributed by atoms with Crippen LogP contribution in [-0.4, -0.2) is 5.11 Å². The maximum Gasteiger partial charge on any atom is 0.134 e. The maximum atomic E-state index is 9.39. The third kappa shape index (κ3) is 3.72. The fourth-order valence-corrected chi connectivity index (χ4v) is 2.29. The van der Waals surface area contributed by atoms with Gasteiger partial charge in [0.05, 0.1) is 5.02 Å². The van der Waals surface area contributed by atoms with E-state index >= 15 is 0 Å². The van der Waals surface area contributed by atoms with Gasteiger partial charge in [0.2, 0.25) is 0 Å². The fourth-order valence-electron chi connectivity index (χ4n) is 2.08. The summed E-state index contributed by atoms with van der Waals surface area (Å²) in [5.41, 5.74) is 2.35. The molecule has 0 heterocycles. The van der Waals surface area contributed by atoms with Gasteiger partial charge in [-0.1, -0.05) is 54.9 Å². The second kappa shape index (κ2) is 6.60. The predicted octanol–water partition coefficient (Wildman–Crippen LogP) is 4.29. The Morgan fingerprint density at radius 1 is 1.16 bits per heavy atom. The molecule has 0 radical (unpaired) electrons. The summed E-state index contributed by atoms with van der Waals surface area (Å²) < 4.78 is 0. The maximum absolute atomic E-state index is 9.39. The highest BCUT2D eigenvalue weighted by atomic mass is 35.5. The van der Waals surface area contributed by atoms with Gasteiger partial charge in [-0.25, -0.2) is 0 Å². The number of benzene rings is 2. The summed E-state index contributed by atoms with van der Waals surface area (Å²) in [5.74, 6) is 0.125. The first-order chi connectivity index (χ1) is 9.20. The lowest BCUT2D eigenvalue weighted by molar-refractivity contribution is 0.474. The minimum absolute atomic E-state index is 0.125. The van der Waals surface area contributed by atoms with Crippen molar-refractivity contribution in [3.05, 3.63) is 64.7 Å². The third-order valence-corrected chi connectivity index (χ3v) is 3.48. The molecule has 2 aromatic rings. The SMILES string of the molecule is CCC(NCc1ccc(O)c(Cl)c1)c1ccccc1. The number of halogens is 1. The monoisotopic (exact) mass is 275 g/mol. The molecule has 0 amide bonds. The molecule has 2 N–H and O–H groups in total. The molecule has 1 atom stereocenters. The van der Waals surface area contributed by atoms with E-state index in [1.807, 2.05) is 12.1 Å². The summed E-state index contributed by atoms with van der Waals surface area (Å²) in [5, 5.41) is 13.3. The summed E-state index contributed by atoms with van der Waals surface area (Å²) in [4.78, 5) is 0. The van der Waals surface area contributed by atoms with Gasteiger partial charge in [-0.05, 0) is 29.7 Å². The molecule has 0 aromatic heterocycles. The van der Waals surface area contributed by atoms with Crippen LogP contribution < -0.4 is 5.32 Å². The van der Waals surface area contributed by atoms with Crippen LogP contribution in [0, 0.1) is 0 Å². The Kier molecular flexibility index (Phi) is 4.83. The Labute approximate surface area is 119 Å². The van der Waals surface area contributed by atoms with Crippen molar-refractivity contribution < 1.29 is 5.11 Å². The van der Waals surface area contributed by atoms with Gasteiger partial charge in [0.25, 0.3) is 0 Å². The summed E-state index contributed by atoms with van der Waals surface area (Å²) in [7, 11) is 0. The lowest BCUT2D eigenvalue weighted by atomic mass is 10.0. The Morgan fingerprint density at radius 2 is 1.89 bits per heavy atom. The normalized spacial score (nSPS) is 12.3. The summed E-state index contributed by atoms with van der Waals surface area (Å²) in [6.07, 6.45) is 1.02. The van der Waals surface area contributed by atoms with E-state index < -0.39 is 0 Å². The van der Waals surface area contributed by atoms with E-state index in [0.717, 1.165) is 18.5 Å². The second-order valence-corrected chi connectivity index (χ2v) is 4.95. The van der Waals surface area contributed by atoms with Gasteiger partial charge in [-0.3, -0.25) is 0 Å². The molecule has 0 saturated heterocycles. The molecule has 0 bridgehead atoms. The Morgan fingerprint density at radius 3 is 2.53 bits per heavy atom. The number of rotatable bonds is 5. The number of nitrogens with one attached hydrogen (secondary N) is 1. The minimum atomic E-state index is 0.125. The van der Waals surface area contributed by atoms with Crippen molar-refractivity contribution in [1.29, 1.82) is 0 Å². The first-order valence-corrected chi connectivity index (χ1v) is 6.84. The van der Waals surface area contributed by atoms with Gasteiger partial charge >= 0.3 is 0 Å². The van der Waals surface area contributed by atoms with Crippen molar-refractivity contribution in [1.82, 2.24) is 5.32 Å². The number of hydrogen-bond donors (Lipinski definition) is 2. The first-order valence-electron chi connectivity index (χ1n) is 6.46. The Hall–Kier alpha value is -1.51. The quantitative estimate of drug-likeness (QED) is 0.853. The smallest absolute Gasteiger partial charge is 0.134 e. The summed E-state index contributed by atoms with van der Waals surface area (Å²) in [6.45, 7) is 2.89. The van der Waals surface area contributed by atoms with Crippen LogP contribution in [0.25, 0.3) is 0 Å². The van der Waals surface area contributed by atoms with Gasteiger partial charge in [0.1, 0.15) is 5.75 Å². The molecule has 19 heavy (non-hydrogen) atoms. The van der Waals surface area contributed by atoms with E-state index in [-0.39, 0.29) is 5.75 Å². The van der Waals surface area contributed by atoms with Crippen LogP contribution in [0.15, 0.2) is 48.5 Å². The third-order valence-electron chi connectivity index (χ3n) is 3.17. The number of phenolic OH excluding ortho intramolecular Hbond substituents is 1. The van der Waals surface area contributed by atoms with Gasteiger partial charge in [0, 0.05) is 12.6 Å². The lowest BCUT2D eigenvalue weighted by Gasteiger charge is -2.17. The van der Waals surface area contributed by atoms with Crippen molar-refractivity contribution in [2.24, 2.45) is 0 Å². The van der Waals surface area contributed by atoms with E-state index in [1.165, 1.54) is 5.56 Å². The molecule has 0 aliphatic carbocycles. The molecule has 0 fully saturated rings. The van der Waals surface area contributed by atoms with E-state index in [4.69, 9.17) is 11.6 Å².